The van der Waals surface area contributed by atoms with Crippen LogP contribution in [0.15, 0.2) is 54.6 Å². The van der Waals surface area contributed by atoms with Gasteiger partial charge in [-0.25, -0.2) is 0 Å². The molecule has 0 spiro atoms. The first-order valence-electron chi connectivity index (χ1n) is 10.2. The predicted octanol–water partition coefficient (Wildman–Crippen LogP) is 4.52. The first kappa shape index (κ1) is 18.2. The fourth-order valence-corrected chi connectivity index (χ4v) is 4.29. The van der Waals surface area contributed by atoms with Gasteiger partial charge in [-0.05, 0) is 54.9 Å². The second kappa shape index (κ2) is 7.84. The molecule has 2 aromatic carbocycles. The van der Waals surface area contributed by atoms with E-state index in [1.165, 1.54) is 36.8 Å². The minimum Gasteiger partial charge on any atom is -0.313 e. The lowest BCUT2D eigenvalue weighted by Gasteiger charge is -2.43. The van der Waals surface area contributed by atoms with Crippen molar-refractivity contribution in [3.05, 3.63) is 71.3 Å². The van der Waals surface area contributed by atoms with Crippen LogP contribution in [0.5, 0.6) is 0 Å². The molecule has 0 amide bonds. The van der Waals surface area contributed by atoms with Gasteiger partial charge in [-0.3, -0.25) is 0 Å². The molecule has 0 heterocycles. The van der Waals surface area contributed by atoms with Gasteiger partial charge in [0.2, 0.25) is 0 Å². The van der Waals surface area contributed by atoms with Crippen LogP contribution in [0, 0.1) is 16.7 Å². The van der Waals surface area contributed by atoms with Crippen LogP contribution in [0.1, 0.15) is 61.3 Å². The molecule has 0 aromatic heterocycles. The fourth-order valence-electron chi connectivity index (χ4n) is 4.29. The van der Waals surface area contributed by atoms with Gasteiger partial charge in [-0.15, -0.1) is 0 Å². The summed E-state index contributed by atoms with van der Waals surface area (Å²) in [4.78, 5) is 0. The summed E-state index contributed by atoms with van der Waals surface area (Å²) >= 11 is 0. The zero-order valence-corrected chi connectivity index (χ0v) is 16.1. The van der Waals surface area contributed by atoms with Gasteiger partial charge in [0, 0.05) is 31.1 Å². The van der Waals surface area contributed by atoms with Gasteiger partial charge < -0.3 is 10.6 Å². The fraction of sp³-hybridized carbons (Fsp3) is 0.458. The molecule has 27 heavy (non-hydrogen) atoms. The van der Waals surface area contributed by atoms with E-state index in [1.807, 2.05) is 18.2 Å². The average molecular weight is 360 g/mol. The van der Waals surface area contributed by atoms with E-state index in [0.717, 1.165) is 18.7 Å². The van der Waals surface area contributed by atoms with E-state index < -0.39 is 0 Å². The van der Waals surface area contributed by atoms with Crippen molar-refractivity contribution in [1.29, 1.82) is 5.26 Å². The average Bonchev–Trinajstić information content (AvgIpc) is 3.47. The highest BCUT2D eigenvalue weighted by Gasteiger charge is 2.42. The summed E-state index contributed by atoms with van der Waals surface area (Å²) in [6, 6.07) is 22.0. The Morgan fingerprint density at radius 3 is 2.63 bits per heavy atom. The maximum atomic E-state index is 9.10. The van der Waals surface area contributed by atoms with E-state index in [4.69, 9.17) is 5.26 Å². The third-order valence-corrected chi connectivity index (χ3v) is 6.47. The topological polar surface area (TPSA) is 47.8 Å². The molecule has 140 valence electrons. The van der Waals surface area contributed by atoms with E-state index in [9.17, 15) is 0 Å². The molecule has 0 saturated heterocycles. The summed E-state index contributed by atoms with van der Waals surface area (Å²) in [6.45, 7) is 4.35. The summed E-state index contributed by atoms with van der Waals surface area (Å²) < 4.78 is 0. The standard InChI is InChI=1S/C24H29N3/c1-18(21-10-5-7-19(13-21)15-25)26-16-24(11-6-12-24)17-27-23-14-22(23)20-8-3-2-4-9-20/h2-5,7-10,13,18,22-23,26-27H,6,11-12,14,16-17H2,1H3/t18?,22?,23-/m0/s1. The lowest BCUT2D eigenvalue weighted by atomic mass is 9.68. The molecule has 0 bridgehead atoms. The zero-order chi connectivity index (χ0) is 18.7. The van der Waals surface area contributed by atoms with Crippen LogP contribution >= 0.6 is 0 Å². The van der Waals surface area contributed by atoms with Gasteiger partial charge in [-0.1, -0.05) is 48.9 Å². The van der Waals surface area contributed by atoms with Crippen molar-refractivity contribution >= 4 is 0 Å². The second-order valence-corrected chi connectivity index (χ2v) is 8.43. The van der Waals surface area contributed by atoms with Crippen LogP contribution in [0.25, 0.3) is 0 Å². The van der Waals surface area contributed by atoms with Gasteiger partial charge in [0.25, 0.3) is 0 Å². The van der Waals surface area contributed by atoms with Gasteiger partial charge in [0.15, 0.2) is 0 Å². The molecule has 2 saturated carbocycles. The molecule has 3 nitrogen and oxygen atoms in total. The largest absolute Gasteiger partial charge is 0.313 e. The Morgan fingerprint density at radius 2 is 1.93 bits per heavy atom. The Labute approximate surface area is 162 Å². The highest BCUT2D eigenvalue weighted by atomic mass is 15.0. The molecule has 2 aliphatic carbocycles. The lowest BCUT2D eigenvalue weighted by Crippen LogP contribution is -2.48. The molecule has 2 N–H and O–H groups in total. The molecule has 3 atom stereocenters. The molecule has 4 rings (SSSR count). The Morgan fingerprint density at radius 1 is 1.11 bits per heavy atom. The van der Waals surface area contributed by atoms with E-state index in [-0.39, 0.29) is 6.04 Å². The summed E-state index contributed by atoms with van der Waals surface area (Å²) in [5.41, 5.74) is 3.80. The van der Waals surface area contributed by atoms with E-state index in [0.29, 0.717) is 17.4 Å². The third-order valence-electron chi connectivity index (χ3n) is 6.47. The maximum absolute atomic E-state index is 9.10. The van der Waals surface area contributed by atoms with Crippen LogP contribution in [0.2, 0.25) is 0 Å². The van der Waals surface area contributed by atoms with Crippen molar-refractivity contribution in [3.8, 4) is 6.07 Å². The number of benzene rings is 2. The number of rotatable bonds is 8. The van der Waals surface area contributed by atoms with Crippen molar-refractivity contribution in [2.24, 2.45) is 5.41 Å². The van der Waals surface area contributed by atoms with Crippen molar-refractivity contribution in [3.63, 3.8) is 0 Å². The van der Waals surface area contributed by atoms with Crippen molar-refractivity contribution in [1.82, 2.24) is 10.6 Å². The van der Waals surface area contributed by atoms with Crippen LogP contribution < -0.4 is 10.6 Å². The molecular weight excluding hydrogens is 330 g/mol. The van der Waals surface area contributed by atoms with Crippen LogP contribution in [0.3, 0.4) is 0 Å². The minimum atomic E-state index is 0.272. The van der Waals surface area contributed by atoms with E-state index in [2.05, 4.69) is 60.0 Å². The summed E-state index contributed by atoms with van der Waals surface area (Å²) in [5, 5.41) is 16.7. The zero-order valence-electron chi connectivity index (χ0n) is 16.1. The molecule has 0 aliphatic heterocycles. The molecule has 0 radical (unpaired) electrons. The highest BCUT2D eigenvalue weighted by Crippen LogP contribution is 2.44. The maximum Gasteiger partial charge on any atom is 0.0991 e. The monoisotopic (exact) mass is 359 g/mol. The van der Waals surface area contributed by atoms with Gasteiger partial charge in [-0.2, -0.15) is 5.26 Å². The Bertz CT molecular complexity index is 804. The van der Waals surface area contributed by atoms with Crippen molar-refractivity contribution < 1.29 is 0 Å². The van der Waals surface area contributed by atoms with E-state index >= 15 is 0 Å². The molecule has 2 aromatic rings. The number of hydrogen-bond donors (Lipinski definition) is 2. The summed E-state index contributed by atoms with van der Waals surface area (Å²) in [6.07, 6.45) is 5.22. The van der Waals surface area contributed by atoms with Crippen molar-refractivity contribution in [2.75, 3.05) is 13.1 Å². The molecular formula is C24H29N3. The third kappa shape index (κ3) is 4.24. The van der Waals surface area contributed by atoms with Crippen LogP contribution in [-0.4, -0.2) is 19.1 Å². The quantitative estimate of drug-likeness (QED) is 0.728. The number of nitrogens with one attached hydrogen (secondary N) is 2. The van der Waals surface area contributed by atoms with Gasteiger partial charge in [0.05, 0.1) is 11.6 Å². The molecule has 2 fully saturated rings. The SMILES string of the molecule is CC(NCC1(CN[C@H]2CC2c2ccccc2)CCC1)c1cccc(C#N)c1. The number of hydrogen-bond acceptors (Lipinski definition) is 3. The number of nitriles is 1. The van der Waals surface area contributed by atoms with Gasteiger partial charge in [0.1, 0.15) is 0 Å². The summed E-state index contributed by atoms with van der Waals surface area (Å²) in [5.74, 6) is 0.698. The van der Waals surface area contributed by atoms with Gasteiger partial charge >= 0.3 is 0 Å². The van der Waals surface area contributed by atoms with Crippen LogP contribution in [0.4, 0.5) is 0 Å². The predicted molar refractivity (Wildman–Crippen MR) is 109 cm³/mol. The lowest BCUT2D eigenvalue weighted by molar-refractivity contribution is 0.122. The van der Waals surface area contributed by atoms with Crippen molar-refractivity contribution in [2.45, 2.75) is 50.6 Å². The minimum absolute atomic E-state index is 0.272. The highest BCUT2D eigenvalue weighted by molar-refractivity contribution is 5.34. The number of nitrogens with zero attached hydrogens (tertiary/aromatic N) is 1. The summed E-state index contributed by atoms with van der Waals surface area (Å²) in [7, 11) is 0. The molecule has 3 heteroatoms. The smallest absolute Gasteiger partial charge is 0.0991 e. The normalized spacial score (nSPS) is 23.9. The first-order valence-corrected chi connectivity index (χ1v) is 10.2. The Balaban J connectivity index is 1.28. The molecule has 2 unspecified atom stereocenters. The Hall–Kier alpha value is -2.15. The Kier molecular flexibility index (Phi) is 5.29. The van der Waals surface area contributed by atoms with E-state index in [1.54, 1.807) is 0 Å². The first-order chi connectivity index (χ1) is 13.2. The molecule has 2 aliphatic rings. The van der Waals surface area contributed by atoms with Crippen LogP contribution in [-0.2, 0) is 0 Å². The second-order valence-electron chi connectivity index (χ2n) is 8.43.